The lowest BCUT2D eigenvalue weighted by Crippen LogP contribution is -2.23. The van der Waals surface area contributed by atoms with E-state index in [1.807, 2.05) is 93.8 Å². The standard InChI is InChI=1S/C25H24N8O/c1-17-14-22(32(29-17)20-10-6-4-7-11-20)27-25(34)28-24-18(2)23(19-15-26-31(3)16-19)30-33(24)21-12-8-5-9-13-21/h4-16H,1-3H3,(H2,27,28,34). The van der Waals surface area contributed by atoms with E-state index in [1.165, 1.54) is 0 Å². The van der Waals surface area contributed by atoms with Crippen LogP contribution in [0.2, 0.25) is 0 Å². The highest BCUT2D eigenvalue weighted by Gasteiger charge is 2.20. The molecule has 0 spiro atoms. The molecular formula is C25H24N8O. The minimum atomic E-state index is -0.394. The zero-order valence-electron chi connectivity index (χ0n) is 19.1. The smallest absolute Gasteiger partial charge is 0.292 e. The van der Waals surface area contributed by atoms with Gasteiger partial charge in [0.1, 0.15) is 17.3 Å². The van der Waals surface area contributed by atoms with Crippen molar-refractivity contribution in [3.05, 3.63) is 90.4 Å². The second-order valence-corrected chi connectivity index (χ2v) is 7.97. The predicted octanol–water partition coefficient (Wildman–Crippen LogP) is 4.72. The number of urea groups is 1. The number of benzene rings is 2. The Hall–Kier alpha value is -4.66. The number of amides is 2. The van der Waals surface area contributed by atoms with Crippen molar-refractivity contribution in [2.75, 3.05) is 10.6 Å². The Bertz CT molecular complexity index is 1450. The molecular weight excluding hydrogens is 428 g/mol. The third-order valence-corrected chi connectivity index (χ3v) is 5.41. The van der Waals surface area contributed by atoms with Crippen molar-refractivity contribution >= 4 is 17.7 Å². The molecule has 0 saturated heterocycles. The van der Waals surface area contributed by atoms with Crippen LogP contribution >= 0.6 is 0 Å². The second-order valence-electron chi connectivity index (χ2n) is 7.97. The Labute approximate surface area is 196 Å². The van der Waals surface area contributed by atoms with Crippen LogP contribution in [-0.2, 0) is 7.05 Å². The number of aryl methyl sites for hydroxylation is 2. The van der Waals surface area contributed by atoms with Gasteiger partial charge >= 0.3 is 6.03 Å². The van der Waals surface area contributed by atoms with Crippen LogP contribution in [0, 0.1) is 13.8 Å². The molecule has 0 atom stereocenters. The first kappa shape index (κ1) is 21.2. The maximum absolute atomic E-state index is 13.1. The summed E-state index contributed by atoms with van der Waals surface area (Å²) in [5.41, 5.74) is 4.94. The third kappa shape index (κ3) is 4.06. The van der Waals surface area contributed by atoms with Gasteiger partial charge in [0.2, 0.25) is 0 Å². The first-order valence-electron chi connectivity index (χ1n) is 10.8. The Morgan fingerprint density at radius 1 is 0.853 bits per heavy atom. The Morgan fingerprint density at radius 2 is 1.50 bits per heavy atom. The van der Waals surface area contributed by atoms with E-state index in [1.54, 1.807) is 20.2 Å². The van der Waals surface area contributed by atoms with E-state index >= 15 is 0 Å². The normalized spacial score (nSPS) is 10.9. The highest BCUT2D eigenvalue weighted by Crippen LogP contribution is 2.30. The molecule has 3 aromatic heterocycles. The number of hydrogen-bond acceptors (Lipinski definition) is 4. The molecule has 3 heterocycles. The summed E-state index contributed by atoms with van der Waals surface area (Å²) in [5.74, 6) is 1.14. The summed E-state index contributed by atoms with van der Waals surface area (Å²) in [4.78, 5) is 13.1. The molecule has 0 unspecified atom stereocenters. The van der Waals surface area contributed by atoms with Gasteiger partial charge in [-0.3, -0.25) is 15.3 Å². The third-order valence-electron chi connectivity index (χ3n) is 5.41. The minimum absolute atomic E-state index is 0.394. The average Bonchev–Trinajstić information content (AvgIpc) is 3.52. The zero-order chi connectivity index (χ0) is 23.7. The van der Waals surface area contributed by atoms with E-state index in [4.69, 9.17) is 5.10 Å². The molecule has 0 aliphatic carbocycles. The van der Waals surface area contributed by atoms with Gasteiger partial charge in [0.25, 0.3) is 0 Å². The molecule has 34 heavy (non-hydrogen) atoms. The maximum atomic E-state index is 13.1. The quantitative estimate of drug-likeness (QED) is 0.403. The number of para-hydroxylation sites is 2. The molecule has 0 aliphatic heterocycles. The molecule has 5 rings (SSSR count). The van der Waals surface area contributed by atoms with Gasteiger partial charge in [0, 0.05) is 30.4 Å². The highest BCUT2D eigenvalue weighted by molar-refractivity contribution is 6.00. The van der Waals surface area contributed by atoms with Crippen LogP contribution in [0.4, 0.5) is 16.4 Å². The molecule has 9 nitrogen and oxygen atoms in total. The number of anilines is 2. The van der Waals surface area contributed by atoms with E-state index in [2.05, 4.69) is 20.8 Å². The van der Waals surface area contributed by atoms with Gasteiger partial charge in [-0.05, 0) is 38.1 Å². The van der Waals surface area contributed by atoms with Gasteiger partial charge in [-0.25, -0.2) is 14.2 Å². The fourth-order valence-electron chi connectivity index (χ4n) is 3.83. The summed E-state index contributed by atoms with van der Waals surface area (Å²) in [6.45, 7) is 3.82. The Kier molecular flexibility index (Phi) is 5.43. The van der Waals surface area contributed by atoms with E-state index < -0.39 is 6.03 Å². The summed E-state index contributed by atoms with van der Waals surface area (Å²) in [6, 6.07) is 20.8. The van der Waals surface area contributed by atoms with Crippen molar-refractivity contribution in [1.82, 2.24) is 29.3 Å². The van der Waals surface area contributed by atoms with Crippen molar-refractivity contribution < 1.29 is 4.79 Å². The lowest BCUT2D eigenvalue weighted by molar-refractivity contribution is 0.262. The van der Waals surface area contributed by atoms with Crippen LogP contribution in [-0.4, -0.2) is 35.4 Å². The lowest BCUT2D eigenvalue weighted by Gasteiger charge is -2.12. The van der Waals surface area contributed by atoms with Crippen molar-refractivity contribution in [1.29, 1.82) is 0 Å². The fraction of sp³-hybridized carbons (Fsp3) is 0.120. The summed E-state index contributed by atoms with van der Waals surface area (Å²) in [7, 11) is 1.86. The number of nitrogens with one attached hydrogen (secondary N) is 2. The first-order valence-corrected chi connectivity index (χ1v) is 10.8. The zero-order valence-corrected chi connectivity index (χ0v) is 19.1. The maximum Gasteiger partial charge on any atom is 0.326 e. The van der Waals surface area contributed by atoms with Gasteiger partial charge in [-0.15, -0.1) is 0 Å². The molecule has 2 amide bonds. The SMILES string of the molecule is Cc1cc(NC(=O)Nc2c(C)c(-c3cnn(C)c3)nn2-c2ccccc2)n(-c2ccccc2)n1. The number of aromatic nitrogens is 6. The molecule has 0 aliphatic rings. The van der Waals surface area contributed by atoms with E-state index in [-0.39, 0.29) is 0 Å². The van der Waals surface area contributed by atoms with Crippen LogP contribution in [0.15, 0.2) is 79.1 Å². The summed E-state index contributed by atoms with van der Waals surface area (Å²) in [6.07, 6.45) is 3.66. The minimum Gasteiger partial charge on any atom is -0.292 e. The van der Waals surface area contributed by atoms with Gasteiger partial charge in [0.05, 0.1) is 23.3 Å². The molecule has 0 radical (unpaired) electrons. The van der Waals surface area contributed by atoms with Crippen molar-refractivity contribution in [2.24, 2.45) is 7.05 Å². The number of rotatable bonds is 5. The fourth-order valence-corrected chi connectivity index (χ4v) is 3.83. The van der Waals surface area contributed by atoms with Gasteiger partial charge in [-0.1, -0.05) is 36.4 Å². The monoisotopic (exact) mass is 452 g/mol. The number of carbonyl (C=O) groups is 1. The predicted molar refractivity (Wildman–Crippen MR) is 131 cm³/mol. The van der Waals surface area contributed by atoms with Crippen LogP contribution in [0.25, 0.3) is 22.6 Å². The Balaban J connectivity index is 1.49. The second kappa shape index (κ2) is 8.70. The molecule has 170 valence electrons. The van der Waals surface area contributed by atoms with Crippen LogP contribution in [0.3, 0.4) is 0 Å². The van der Waals surface area contributed by atoms with Crippen LogP contribution in [0.1, 0.15) is 11.3 Å². The van der Waals surface area contributed by atoms with E-state index in [0.717, 1.165) is 33.9 Å². The van der Waals surface area contributed by atoms with Crippen LogP contribution < -0.4 is 10.6 Å². The number of hydrogen-bond donors (Lipinski definition) is 2. The number of nitrogens with zero attached hydrogens (tertiary/aromatic N) is 6. The summed E-state index contributed by atoms with van der Waals surface area (Å²) >= 11 is 0. The summed E-state index contributed by atoms with van der Waals surface area (Å²) in [5, 5.41) is 19.5. The van der Waals surface area contributed by atoms with E-state index in [9.17, 15) is 4.79 Å². The molecule has 2 N–H and O–H groups in total. The molecule has 5 aromatic rings. The number of carbonyl (C=O) groups excluding carboxylic acids is 1. The molecule has 0 fully saturated rings. The topological polar surface area (TPSA) is 94.6 Å². The first-order chi connectivity index (χ1) is 16.5. The summed E-state index contributed by atoms with van der Waals surface area (Å²) < 4.78 is 5.16. The molecule has 2 aromatic carbocycles. The van der Waals surface area contributed by atoms with E-state index in [0.29, 0.717) is 11.6 Å². The molecule has 0 bridgehead atoms. The van der Waals surface area contributed by atoms with Crippen molar-refractivity contribution in [3.63, 3.8) is 0 Å². The van der Waals surface area contributed by atoms with Gasteiger partial charge in [0.15, 0.2) is 0 Å². The average molecular weight is 453 g/mol. The molecule has 9 heteroatoms. The van der Waals surface area contributed by atoms with Crippen molar-refractivity contribution in [3.8, 4) is 22.6 Å². The van der Waals surface area contributed by atoms with Gasteiger partial charge < -0.3 is 0 Å². The molecule has 0 saturated carbocycles. The lowest BCUT2D eigenvalue weighted by atomic mass is 10.1. The Morgan fingerprint density at radius 3 is 2.12 bits per heavy atom. The largest absolute Gasteiger partial charge is 0.326 e. The van der Waals surface area contributed by atoms with Crippen molar-refractivity contribution in [2.45, 2.75) is 13.8 Å². The van der Waals surface area contributed by atoms with Crippen LogP contribution in [0.5, 0.6) is 0 Å². The van der Waals surface area contributed by atoms with Gasteiger partial charge in [-0.2, -0.15) is 15.3 Å². The highest BCUT2D eigenvalue weighted by atomic mass is 16.2.